The first-order chi connectivity index (χ1) is 5.81. The van der Waals surface area contributed by atoms with Gasteiger partial charge in [-0.05, 0) is 17.5 Å². The minimum atomic E-state index is -0.603. The average Bonchev–Trinajstić information content (AvgIpc) is 2.83. The van der Waals surface area contributed by atoms with Crippen molar-refractivity contribution < 1.29 is 4.39 Å². The Bertz CT molecular complexity index is 268. The molecule has 0 heterocycles. The highest BCUT2D eigenvalue weighted by molar-refractivity contribution is 5.29. The zero-order chi connectivity index (χ0) is 8.55. The maximum Gasteiger partial charge on any atom is 0.108 e. The summed E-state index contributed by atoms with van der Waals surface area (Å²) in [5.74, 6) is 0.164. The summed E-state index contributed by atoms with van der Waals surface area (Å²) in [6.07, 6.45) is 0.0934. The normalized spacial score (nSPS) is 27.2. The van der Waals surface area contributed by atoms with Gasteiger partial charge in [-0.25, -0.2) is 4.39 Å². The lowest BCUT2D eigenvalue weighted by Crippen LogP contribution is -1.95. The van der Waals surface area contributed by atoms with Gasteiger partial charge in [-0.2, -0.15) is 0 Å². The van der Waals surface area contributed by atoms with Crippen LogP contribution < -0.4 is 5.73 Å². The summed E-state index contributed by atoms with van der Waals surface area (Å²) >= 11 is 0. The highest BCUT2D eigenvalue weighted by Crippen LogP contribution is 2.43. The first-order valence-electron chi connectivity index (χ1n) is 4.24. The van der Waals surface area contributed by atoms with Gasteiger partial charge < -0.3 is 5.73 Å². The van der Waals surface area contributed by atoms with Crippen LogP contribution in [0.3, 0.4) is 0 Å². The van der Waals surface area contributed by atoms with Crippen molar-refractivity contribution in [1.29, 1.82) is 0 Å². The first kappa shape index (κ1) is 7.74. The summed E-state index contributed by atoms with van der Waals surface area (Å²) in [5.41, 5.74) is 7.66. The smallest absolute Gasteiger partial charge is 0.108 e. The quantitative estimate of drug-likeness (QED) is 0.712. The van der Waals surface area contributed by atoms with Crippen LogP contribution in [0.4, 0.5) is 4.39 Å². The molecule has 12 heavy (non-hydrogen) atoms. The van der Waals surface area contributed by atoms with E-state index in [1.54, 1.807) is 0 Å². The zero-order valence-corrected chi connectivity index (χ0v) is 6.83. The molecule has 1 fully saturated rings. The Balaban J connectivity index is 2.14. The first-order valence-corrected chi connectivity index (χ1v) is 4.24. The summed E-state index contributed by atoms with van der Waals surface area (Å²) in [7, 11) is 0. The molecule has 64 valence electrons. The number of halogens is 1. The van der Waals surface area contributed by atoms with Crippen molar-refractivity contribution in [2.45, 2.75) is 25.1 Å². The van der Waals surface area contributed by atoms with E-state index in [1.807, 2.05) is 24.3 Å². The number of hydrogen-bond donors (Lipinski definition) is 1. The molecule has 1 saturated carbocycles. The van der Waals surface area contributed by atoms with Crippen molar-refractivity contribution in [2.24, 2.45) is 5.73 Å². The van der Waals surface area contributed by atoms with Crippen LogP contribution in [-0.2, 0) is 6.54 Å². The third-order valence-electron chi connectivity index (χ3n) is 2.36. The van der Waals surface area contributed by atoms with Crippen LogP contribution in [0.5, 0.6) is 0 Å². The van der Waals surface area contributed by atoms with E-state index in [0.717, 1.165) is 11.1 Å². The fraction of sp³-hybridized carbons (Fsp3) is 0.400. The van der Waals surface area contributed by atoms with Gasteiger partial charge >= 0.3 is 0 Å². The maximum atomic E-state index is 12.6. The monoisotopic (exact) mass is 165 g/mol. The molecule has 0 aromatic heterocycles. The molecule has 2 N–H and O–H groups in total. The zero-order valence-electron chi connectivity index (χ0n) is 6.83. The van der Waals surface area contributed by atoms with E-state index in [2.05, 4.69) is 0 Å². The molecule has 0 radical (unpaired) electrons. The number of rotatable bonds is 2. The lowest BCUT2D eigenvalue weighted by atomic mass is 10.1. The molecule has 1 aromatic carbocycles. The largest absolute Gasteiger partial charge is 0.326 e. The molecule has 2 rings (SSSR count). The van der Waals surface area contributed by atoms with Gasteiger partial charge in [0.15, 0.2) is 0 Å². The van der Waals surface area contributed by atoms with Crippen LogP contribution in [0, 0.1) is 0 Å². The van der Waals surface area contributed by atoms with E-state index >= 15 is 0 Å². The molecule has 1 nitrogen and oxygen atoms in total. The number of benzene rings is 1. The van der Waals surface area contributed by atoms with Gasteiger partial charge in [-0.15, -0.1) is 0 Å². The van der Waals surface area contributed by atoms with Crippen molar-refractivity contribution in [3.05, 3.63) is 35.4 Å². The van der Waals surface area contributed by atoms with Crippen molar-refractivity contribution in [3.63, 3.8) is 0 Å². The molecule has 0 saturated heterocycles. The van der Waals surface area contributed by atoms with Crippen LogP contribution in [0.15, 0.2) is 24.3 Å². The van der Waals surface area contributed by atoms with Gasteiger partial charge in [0.1, 0.15) is 6.17 Å². The Morgan fingerprint density at radius 2 is 1.92 bits per heavy atom. The summed E-state index contributed by atoms with van der Waals surface area (Å²) < 4.78 is 12.6. The van der Waals surface area contributed by atoms with Crippen molar-refractivity contribution in [2.75, 3.05) is 0 Å². The standard InChI is InChI=1S/C10H12FN/c11-10-5-9(10)8-3-1-7(6-12)2-4-8/h1-4,9-10H,5-6,12H2. The molecule has 2 atom stereocenters. The van der Waals surface area contributed by atoms with Gasteiger partial charge in [-0.1, -0.05) is 24.3 Å². The second-order valence-corrected chi connectivity index (χ2v) is 3.30. The van der Waals surface area contributed by atoms with Crippen LogP contribution in [0.25, 0.3) is 0 Å². The van der Waals surface area contributed by atoms with Crippen LogP contribution in [-0.4, -0.2) is 6.17 Å². The van der Waals surface area contributed by atoms with Crippen molar-refractivity contribution >= 4 is 0 Å². The van der Waals surface area contributed by atoms with Crippen LogP contribution >= 0.6 is 0 Å². The van der Waals surface area contributed by atoms with Gasteiger partial charge in [0.25, 0.3) is 0 Å². The Labute approximate surface area is 71.4 Å². The SMILES string of the molecule is NCc1ccc(C2CC2F)cc1. The van der Waals surface area contributed by atoms with Gasteiger partial charge in [-0.3, -0.25) is 0 Å². The second-order valence-electron chi connectivity index (χ2n) is 3.30. The number of alkyl halides is 1. The minimum Gasteiger partial charge on any atom is -0.326 e. The molecule has 0 bridgehead atoms. The van der Waals surface area contributed by atoms with Gasteiger partial charge in [0.05, 0.1) is 0 Å². The molecular weight excluding hydrogens is 153 g/mol. The fourth-order valence-corrected chi connectivity index (χ4v) is 1.41. The van der Waals surface area contributed by atoms with E-state index in [0.29, 0.717) is 13.0 Å². The van der Waals surface area contributed by atoms with E-state index in [1.165, 1.54) is 0 Å². The minimum absolute atomic E-state index is 0.164. The number of hydrogen-bond acceptors (Lipinski definition) is 1. The van der Waals surface area contributed by atoms with E-state index in [-0.39, 0.29) is 5.92 Å². The average molecular weight is 165 g/mol. The Morgan fingerprint density at radius 1 is 1.33 bits per heavy atom. The Kier molecular flexibility index (Phi) is 1.85. The Morgan fingerprint density at radius 3 is 2.33 bits per heavy atom. The Hall–Kier alpha value is -0.890. The highest BCUT2D eigenvalue weighted by Gasteiger charge is 2.38. The highest BCUT2D eigenvalue weighted by atomic mass is 19.1. The molecule has 0 amide bonds. The van der Waals surface area contributed by atoms with Crippen LogP contribution in [0.1, 0.15) is 23.5 Å². The van der Waals surface area contributed by atoms with Gasteiger partial charge in [0.2, 0.25) is 0 Å². The predicted molar refractivity (Wildman–Crippen MR) is 46.6 cm³/mol. The maximum absolute atomic E-state index is 12.6. The number of nitrogens with two attached hydrogens (primary N) is 1. The van der Waals surface area contributed by atoms with E-state index in [4.69, 9.17) is 5.73 Å². The molecular formula is C10H12FN. The molecule has 1 aliphatic carbocycles. The van der Waals surface area contributed by atoms with Crippen molar-refractivity contribution in [3.8, 4) is 0 Å². The molecule has 2 heteroatoms. The lowest BCUT2D eigenvalue weighted by Gasteiger charge is -1.99. The van der Waals surface area contributed by atoms with E-state index in [9.17, 15) is 4.39 Å². The molecule has 1 aliphatic rings. The molecule has 1 aromatic rings. The summed E-state index contributed by atoms with van der Waals surface area (Å²) in [6.45, 7) is 0.560. The molecule has 2 unspecified atom stereocenters. The molecule has 0 aliphatic heterocycles. The summed E-state index contributed by atoms with van der Waals surface area (Å²) in [4.78, 5) is 0. The topological polar surface area (TPSA) is 26.0 Å². The summed E-state index contributed by atoms with van der Waals surface area (Å²) in [5, 5.41) is 0. The predicted octanol–water partition coefficient (Wildman–Crippen LogP) is 1.97. The van der Waals surface area contributed by atoms with Gasteiger partial charge in [0, 0.05) is 12.5 Å². The molecule has 0 spiro atoms. The van der Waals surface area contributed by atoms with Crippen LogP contribution in [0.2, 0.25) is 0 Å². The third-order valence-corrected chi connectivity index (χ3v) is 2.36. The third kappa shape index (κ3) is 1.34. The van der Waals surface area contributed by atoms with Crippen molar-refractivity contribution in [1.82, 2.24) is 0 Å². The van der Waals surface area contributed by atoms with E-state index < -0.39 is 6.17 Å². The summed E-state index contributed by atoms with van der Waals surface area (Å²) in [6, 6.07) is 7.90. The fourth-order valence-electron chi connectivity index (χ4n) is 1.41. The lowest BCUT2D eigenvalue weighted by molar-refractivity contribution is 0.468. The second kappa shape index (κ2) is 2.87.